The Morgan fingerprint density at radius 2 is 2.21 bits per heavy atom. The van der Waals surface area contributed by atoms with Crippen LogP contribution < -0.4 is 9.47 Å². The van der Waals surface area contributed by atoms with Gasteiger partial charge in [-0.25, -0.2) is 0 Å². The molecule has 14 heavy (non-hydrogen) atoms. The van der Waals surface area contributed by atoms with E-state index in [4.69, 9.17) is 9.47 Å². The number of hydrogen-bond donors (Lipinski definition) is 0. The highest BCUT2D eigenvalue weighted by Gasteiger charge is 2.21. The number of carbonyl (C=O) groups is 1. The van der Waals surface area contributed by atoms with Crippen molar-refractivity contribution in [2.75, 3.05) is 6.79 Å². The van der Waals surface area contributed by atoms with Crippen LogP contribution in [-0.4, -0.2) is 12.6 Å². The van der Waals surface area contributed by atoms with E-state index in [2.05, 4.69) is 15.9 Å². The van der Waals surface area contributed by atoms with E-state index in [-0.39, 0.29) is 12.6 Å². The zero-order valence-corrected chi connectivity index (χ0v) is 9.47. The minimum atomic E-state index is 0.0123. The molecule has 74 valence electrons. The summed E-state index contributed by atoms with van der Waals surface area (Å²) in [5, 5.41) is 0. The molecule has 1 aliphatic heterocycles. The van der Waals surface area contributed by atoms with Crippen molar-refractivity contribution in [2.45, 2.75) is 13.8 Å². The first-order valence-electron chi connectivity index (χ1n) is 4.21. The molecule has 0 saturated heterocycles. The van der Waals surface area contributed by atoms with Gasteiger partial charge in [0.1, 0.15) is 0 Å². The Bertz CT molecular complexity index is 412. The van der Waals surface area contributed by atoms with Gasteiger partial charge in [0.05, 0.1) is 0 Å². The Balaban J connectivity index is 2.67. The predicted octanol–water partition coefficient (Wildman–Crippen LogP) is 2.69. The van der Waals surface area contributed by atoms with Gasteiger partial charge in [0.25, 0.3) is 0 Å². The highest BCUT2D eigenvalue weighted by Crippen LogP contribution is 2.41. The van der Waals surface area contributed by atoms with Gasteiger partial charge in [0.15, 0.2) is 17.3 Å². The van der Waals surface area contributed by atoms with Crippen LogP contribution in [0.15, 0.2) is 10.5 Å². The molecule has 0 atom stereocenters. The summed E-state index contributed by atoms with van der Waals surface area (Å²) in [6, 6.07) is 1.71. The number of hydrogen-bond acceptors (Lipinski definition) is 3. The molecule has 0 aromatic heterocycles. The van der Waals surface area contributed by atoms with Crippen LogP contribution in [0, 0.1) is 6.92 Å². The second-order valence-electron chi connectivity index (χ2n) is 3.15. The molecule has 2 rings (SSSR count). The second-order valence-corrected chi connectivity index (χ2v) is 3.95. The molecule has 1 heterocycles. The van der Waals surface area contributed by atoms with Crippen LogP contribution in [0.3, 0.4) is 0 Å². The zero-order valence-electron chi connectivity index (χ0n) is 7.89. The third kappa shape index (κ3) is 1.30. The number of halogens is 1. The Kier molecular flexibility index (Phi) is 2.23. The molecule has 0 unspecified atom stereocenters. The van der Waals surface area contributed by atoms with Gasteiger partial charge in [0.2, 0.25) is 6.79 Å². The molecule has 0 aliphatic carbocycles. The van der Waals surface area contributed by atoms with Gasteiger partial charge in [0, 0.05) is 15.6 Å². The molecule has 4 heteroatoms. The molecule has 0 spiro atoms. The first-order valence-corrected chi connectivity index (χ1v) is 5.00. The molecule has 0 saturated carbocycles. The Hall–Kier alpha value is -1.03. The quantitative estimate of drug-likeness (QED) is 0.725. The maximum absolute atomic E-state index is 11.3. The molecule has 1 aliphatic rings. The molecular weight excluding hydrogens is 248 g/mol. The Labute approximate surface area is 90.1 Å². The van der Waals surface area contributed by atoms with Crippen LogP contribution in [0.2, 0.25) is 0 Å². The zero-order chi connectivity index (χ0) is 10.3. The summed E-state index contributed by atoms with van der Waals surface area (Å²) in [4.78, 5) is 11.3. The number of ketones is 1. The number of Topliss-reactive ketones (excluding diaryl/α,β-unsaturated/α-hetero) is 1. The van der Waals surface area contributed by atoms with Crippen molar-refractivity contribution < 1.29 is 14.3 Å². The van der Waals surface area contributed by atoms with Crippen LogP contribution in [0.25, 0.3) is 0 Å². The molecule has 1 aromatic carbocycles. The van der Waals surface area contributed by atoms with Gasteiger partial charge in [-0.1, -0.05) is 0 Å². The number of fused-ring (bicyclic) bond motifs is 1. The van der Waals surface area contributed by atoms with E-state index >= 15 is 0 Å². The lowest BCUT2D eigenvalue weighted by molar-refractivity contribution is 0.101. The number of rotatable bonds is 1. The Morgan fingerprint density at radius 3 is 2.86 bits per heavy atom. The maximum atomic E-state index is 11.3. The number of benzene rings is 1. The van der Waals surface area contributed by atoms with Gasteiger partial charge in [-0.2, -0.15) is 0 Å². The second kappa shape index (κ2) is 3.28. The van der Waals surface area contributed by atoms with E-state index in [1.165, 1.54) is 6.92 Å². The van der Waals surface area contributed by atoms with Crippen LogP contribution in [0.4, 0.5) is 0 Å². The van der Waals surface area contributed by atoms with Gasteiger partial charge in [-0.3, -0.25) is 4.79 Å². The molecule has 3 nitrogen and oxygen atoms in total. The normalized spacial score (nSPS) is 13.1. The summed E-state index contributed by atoms with van der Waals surface area (Å²) in [6.45, 7) is 3.65. The lowest BCUT2D eigenvalue weighted by Gasteiger charge is -2.07. The predicted molar refractivity (Wildman–Crippen MR) is 55.0 cm³/mol. The average Bonchev–Trinajstić information content (AvgIpc) is 2.58. The van der Waals surface area contributed by atoms with Crippen LogP contribution >= 0.6 is 15.9 Å². The summed E-state index contributed by atoms with van der Waals surface area (Å²) < 4.78 is 11.3. The highest BCUT2D eigenvalue weighted by molar-refractivity contribution is 9.10. The Morgan fingerprint density at radius 1 is 1.50 bits per heavy atom. The van der Waals surface area contributed by atoms with E-state index in [9.17, 15) is 4.79 Å². The van der Waals surface area contributed by atoms with E-state index < -0.39 is 0 Å². The number of carbonyl (C=O) groups excluding carboxylic acids is 1. The molecule has 0 N–H and O–H groups in total. The molecule has 0 bridgehead atoms. The maximum Gasteiger partial charge on any atom is 0.231 e. The fourth-order valence-corrected chi connectivity index (χ4v) is 2.01. The van der Waals surface area contributed by atoms with E-state index in [1.54, 1.807) is 6.07 Å². The van der Waals surface area contributed by atoms with Crippen LogP contribution in [0.5, 0.6) is 11.5 Å². The average molecular weight is 257 g/mol. The first kappa shape index (κ1) is 9.52. The fraction of sp³-hybridized carbons (Fsp3) is 0.300. The van der Waals surface area contributed by atoms with E-state index in [0.29, 0.717) is 11.3 Å². The van der Waals surface area contributed by atoms with Crippen LogP contribution in [0.1, 0.15) is 22.8 Å². The lowest BCUT2D eigenvalue weighted by atomic mass is 10.1. The van der Waals surface area contributed by atoms with Gasteiger partial charge < -0.3 is 9.47 Å². The lowest BCUT2D eigenvalue weighted by Crippen LogP contribution is -1.96. The molecule has 0 fully saturated rings. The van der Waals surface area contributed by atoms with E-state index in [0.717, 1.165) is 15.8 Å². The monoisotopic (exact) mass is 256 g/mol. The molecular formula is C10H9BrO3. The van der Waals surface area contributed by atoms with Gasteiger partial charge in [-0.05, 0) is 35.8 Å². The standard InChI is InChI=1S/C10H9BrO3/c1-5-9(11)7(6(2)12)3-8-10(5)14-4-13-8/h3H,4H2,1-2H3. The minimum Gasteiger partial charge on any atom is -0.454 e. The molecule has 0 radical (unpaired) electrons. The first-order chi connectivity index (χ1) is 6.61. The van der Waals surface area contributed by atoms with Crippen molar-refractivity contribution in [2.24, 2.45) is 0 Å². The summed E-state index contributed by atoms with van der Waals surface area (Å²) >= 11 is 3.38. The van der Waals surface area contributed by atoms with Gasteiger partial charge in [-0.15, -0.1) is 0 Å². The molecule has 1 aromatic rings. The van der Waals surface area contributed by atoms with Crippen molar-refractivity contribution in [1.82, 2.24) is 0 Å². The third-order valence-corrected chi connectivity index (χ3v) is 3.22. The van der Waals surface area contributed by atoms with Gasteiger partial charge >= 0.3 is 0 Å². The summed E-state index contributed by atoms with van der Waals surface area (Å²) in [6.07, 6.45) is 0. The molecule has 0 amide bonds. The summed E-state index contributed by atoms with van der Waals surface area (Å²) in [5.74, 6) is 1.39. The number of ether oxygens (including phenoxy) is 2. The van der Waals surface area contributed by atoms with Crippen molar-refractivity contribution in [1.29, 1.82) is 0 Å². The fourth-order valence-electron chi connectivity index (χ4n) is 1.44. The van der Waals surface area contributed by atoms with Crippen LogP contribution in [-0.2, 0) is 0 Å². The third-order valence-electron chi connectivity index (χ3n) is 2.20. The van der Waals surface area contributed by atoms with E-state index in [1.807, 2.05) is 6.92 Å². The summed E-state index contributed by atoms with van der Waals surface area (Å²) in [5.41, 5.74) is 1.54. The minimum absolute atomic E-state index is 0.0123. The smallest absolute Gasteiger partial charge is 0.231 e. The topological polar surface area (TPSA) is 35.5 Å². The highest BCUT2D eigenvalue weighted by atomic mass is 79.9. The van der Waals surface area contributed by atoms with Crippen molar-refractivity contribution >= 4 is 21.7 Å². The SMILES string of the molecule is CC(=O)c1cc2c(c(C)c1Br)OCO2. The van der Waals surface area contributed by atoms with Crippen molar-refractivity contribution in [3.63, 3.8) is 0 Å². The van der Waals surface area contributed by atoms with Crippen molar-refractivity contribution in [3.8, 4) is 11.5 Å². The largest absolute Gasteiger partial charge is 0.454 e. The van der Waals surface area contributed by atoms with Crippen molar-refractivity contribution in [3.05, 3.63) is 21.7 Å². The summed E-state index contributed by atoms with van der Waals surface area (Å²) in [7, 11) is 0.